The first-order valence-corrected chi connectivity index (χ1v) is 9.06. The van der Waals surface area contributed by atoms with E-state index in [0.717, 1.165) is 24.0 Å². The SMILES string of the molecule is CCOC(=O)c1ccc(NC(=O)C2=C(c3ccncc3)[C@@H]3CC[C@H]2O3)cc1. The van der Waals surface area contributed by atoms with Crippen LogP contribution in [0.2, 0.25) is 0 Å². The van der Waals surface area contributed by atoms with Crippen molar-refractivity contribution in [2.24, 2.45) is 0 Å². The first kappa shape index (κ1) is 17.4. The highest BCUT2D eigenvalue weighted by molar-refractivity contribution is 6.11. The molecule has 1 N–H and O–H groups in total. The van der Waals surface area contributed by atoms with E-state index in [0.29, 0.717) is 23.4 Å². The van der Waals surface area contributed by atoms with E-state index >= 15 is 0 Å². The van der Waals surface area contributed by atoms with Crippen molar-refractivity contribution in [3.05, 3.63) is 65.5 Å². The van der Waals surface area contributed by atoms with E-state index in [-0.39, 0.29) is 24.1 Å². The molecule has 1 aromatic carbocycles. The number of pyridine rings is 1. The Balaban J connectivity index is 1.57. The molecule has 0 unspecified atom stereocenters. The molecule has 0 saturated carbocycles. The molecule has 1 amide bonds. The van der Waals surface area contributed by atoms with Crippen LogP contribution in [0, 0.1) is 0 Å². The summed E-state index contributed by atoms with van der Waals surface area (Å²) in [4.78, 5) is 28.7. The van der Waals surface area contributed by atoms with Gasteiger partial charge in [0.05, 0.1) is 30.0 Å². The highest BCUT2D eigenvalue weighted by Gasteiger charge is 2.43. The third-order valence-electron chi connectivity index (χ3n) is 4.84. The molecule has 138 valence electrons. The summed E-state index contributed by atoms with van der Waals surface area (Å²) in [5.74, 6) is -0.544. The Morgan fingerprint density at radius 2 is 1.81 bits per heavy atom. The van der Waals surface area contributed by atoms with Crippen molar-refractivity contribution >= 4 is 23.1 Å². The third kappa shape index (κ3) is 3.36. The van der Waals surface area contributed by atoms with Gasteiger partial charge in [0.15, 0.2) is 0 Å². The summed E-state index contributed by atoms with van der Waals surface area (Å²) in [6.45, 7) is 2.09. The molecular formula is C21H20N2O4. The van der Waals surface area contributed by atoms with Crippen LogP contribution in [0.4, 0.5) is 5.69 Å². The van der Waals surface area contributed by atoms with Crippen LogP contribution in [0.5, 0.6) is 0 Å². The van der Waals surface area contributed by atoms with Gasteiger partial charge < -0.3 is 14.8 Å². The van der Waals surface area contributed by atoms with E-state index < -0.39 is 0 Å². The average molecular weight is 364 g/mol. The second-order valence-corrected chi connectivity index (χ2v) is 6.51. The van der Waals surface area contributed by atoms with Crippen molar-refractivity contribution in [1.82, 2.24) is 4.98 Å². The van der Waals surface area contributed by atoms with Gasteiger partial charge in [0.2, 0.25) is 0 Å². The van der Waals surface area contributed by atoms with Gasteiger partial charge in [-0.05, 0) is 67.3 Å². The molecule has 6 heteroatoms. The van der Waals surface area contributed by atoms with Gasteiger partial charge in [-0.3, -0.25) is 9.78 Å². The summed E-state index contributed by atoms with van der Waals surface area (Å²) in [6.07, 6.45) is 5.01. The molecule has 2 aliphatic rings. The normalized spacial score (nSPS) is 20.6. The van der Waals surface area contributed by atoms with E-state index in [9.17, 15) is 9.59 Å². The molecule has 27 heavy (non-hydrogen) atoms. The molecule has 1 saturated heterocycles. The number of ether oxygens (including phenoxy) is 2. The number of aromatic nitrogens is 1. The number of nitrogens with one attached hydrogen (secondary N) is 1. The predicted molar refractivity (Wildman–Crippen MR) is 100 cm³/mol. The quantitative estimate of drug-likeness (QED) is 0.825. The number of anilines is 1. The summed E-state index contributed by atoms with van der Waals surface area (Å²) >= 11 is 0. The molecule has 2 atom stereocenters. The Kier molecular flexibility index (Phi) is 4.73. The van der Waals surface area contributed by atoms with Crippen molar-refractivity contribution in [1.29, 1.82) is 0 Å². The highest BCUT2D eigenvalue weighted by Crippen LogP contribution is 2.44. The second kappa shape index (κ2) is 7.32. The largest absolute Gasteiger partial charge is 0.462 e. The number of esters is 1. The maximum Gasteiger partial charge on any atom is 0.338 e. The molecule has 3 heterocycles. The summed E-state index contributed by atoms with van der Waals surface area (Å²) in [5.41, 5.74) is 3.69. The lowest BCUT2D eigenvalue weighted by molar-refractivity contribution is -0.113. The van der Waals surface area contributed by atoms with Gasteiger partial charge in [-0.25, -0.2) is 4.79 Å². The zero-order valence-electron chi connectivity index (χ0n) is 15.0. The van der Waals surface area contributed by atoms with Gasteiger partial charge in [0.1, 0.15) is 0 Å². The summed E-state index contributed by atoms with van der Waals surface area (Å²) in [7, 11) is 0. The lowest BCUT2D eigenvalue weighted by atomic mass is 9.87. The van der Waals surface area contributed by atoms with Gasteiger partial charge in [0.25, 0.3) is 5.91 Å². The standard InChI is InChI=1S/C21H20N2O4/c1-2-26-21(25)14-3-5-15(6-4-14)23-20(24)19-17-8-7-16(27-17)18(19)13-9-11-22-12-10-13/h3-6,9-12,16-17H,2,7-8H2,1H3,(H,23,24)/t16-,17+/m0/s1. The van der Waals surface area contributed by atoms with Gasteiger partial charge in [-0.1, -0.05) is 0 Å². The third-order valence-corrected chi connectivity index (χ3v) is 4.84. The molecule has 1 aromatic heterocycles. The lowest BCUT2D eigenvalue weighted by Gasteiger charge is -2.17. The second-order valence-electron chi connectivity index (χ2n) is 6.51. The number of nitrogens with zero attached hydrogens (tertiary/aromatic N) is 1. The summed E-state index contributed by atoms with van der Waals surface area (Å²) < 4.78 is 10.9. The van der Waals surface area contributed by atoms with Gasteiger partial charge >= 0.3 is 5.97 Å². The van der Waals surface area contributed by atoms with Crippen LogP contribution in [0.3, 0.4) is 0 Å². The predicted octanol–water partition coefficient (Wildman–Crippen LogP) is 3.21. The van der Waals surface area contributed by atoms with Crippen molar-refractivity contribution in [2.45, 2.75) is 32.0 Å². The van der Waals surface area contributed by atoms with Gasteiger partial charge in [0, 0.05) is 18.1 Å². The maximum absolute atomic E-state index is 13.0. The Hall–Kier alpha value is -2.99. The van der Waals surface area contributed by atoms with E-state index in [1.165, 1.54) is 0 Å². The number of amides is 1. The number of carbonyl (C=O) groups excluding carboxylic acids is 2. The van der Waals surface area contributed by atoms with Crippen molar-refractivity contribution in [2.75, 3.05) is 11.9 Å². The number of hydrogen-bond donors (Lipinski definition) is 1. The van der Waals surface area contributed by atoms with Crippen LogP contribution in [-0.4, -0.2) is 35.7 Å². The number of fused-ring (bicyclic) bond motifs is 2. The van der Waals surface area contributed by atoms with E-state index in [4.69, 9.17) is 9.47 Å². The average Bonchev–Trinajstić information content (AvgIpc) is 3.31. The molecule has 6 nitrogen and oxygen atoms in total. The summed E-state index contributed by atoms with van der Waals surface area (Å²) in [6, 6.07) is 10.5. The number of hydrogen-bond acceptors (Lipinski definition) is 5. The minimum Gasteiger partial charge on any atom is -0.462 e. The van der Waals surface area contributed by atoms with E-state index in [2.05, 4.69) is 10.3 Å². The Morgan fingerprint density at radius 3 is 2.52 bits per heavy atom. The molecule has 1 fully saturated rings. The van der Waals surface area contributed by atoms with Crippen molar-refractivity contribution < 1.29 is 19.1 Å². The van der Waals surface area contributed by atoms with Crippen LogP contribution < -0.4 is 5.32 Å². The summed E-state index contributed by atoms with van der Waals surface area (Å²) in [5, 5.41) is 2.92. The van der Waals surface area contributed by atoms with Crippen molar-refractivity contribution in [3.8, 4) is 0 Å². The zero-order valence-corrected chi connectivity index (χ0v) is 15.0. The first-order chi connectivity index (χ1) is 13.2. The van der Waals surface area contributed by atoms with Gasteiger partial charge in [-0.2, -0.15) is 0 Å². The van der Waals surface area contributed by atoms with Crippen LogP contribution >= 0.6 is 0 Å². The fraction of sp³-hybridized carbons (Fsp3) is 0.286. The molecular weight excluding hydrogens is 344 g/mol. The Bertz CT molecular complexity index is 890. The Morgan fingerprint density at radius 1 is 1.11 bits per heavy atom. The number of rotatable bonds is 5. The minimum atomic E-state index is -0.375. The van der Waals surface area contributed by atoms with Crippen molar-refractivity contribution in [3.63, 3.8) is 0 Å². The smallest absolute Gasteiger partial charge is 0.338 e. The van der Waals surface area contributed by atoms with E-state index in [1.54, 1.807) is 43.6 Å². The lowest BCUT2D eigenvalue weighted by Crippen LogP contribution is -2.23. The molecule has 4 rings (SSSR count). The number of benzene rings is 1. The highest BCUT2D eigenvalue weighted by atomic mass is 16.5. The molecule has 0 spiro atoms. The molecule has 2 aliphatic heterocycles. The zero-order chi connectivity index (χ0) is 18.8. The van der Waals surface area contributed by atoms with Gasteiger partial charge in [-0.15, -0.1) is 0 Å². The molecule has 0 aliphatic carbocycles. The Labute approximate surface area is 157 Å². The topological polar surface area (TPSA) is 77.5 Å². The van der Waals surface area contributed by atoms with Crippen LogP contribution in [0.15, 0.2) is 54.4 Å². The first-order valence-electron chi connectivity index (χ1n) is 9.06. The molecule has 0 radical (unpaired) electrons. The molecule has 2 aromatic rings. The monoisotopic (exact) mass is 364 g/mol. The van der Waals surface area contributed by atoms with E-state index in [1.807, 2.05) is 12.1 Å². The minimum absolute atomic E-state index is 0.0376. The molecule has 2 bridgehead atoms. The van der Waals surface area contributed by atoms with Crippen LogP contribution in [0.25, 0.3) is 5.57 Å². The fourth-order valence-electron chi connectivity index (χ4n) is 3.65. The number of carbonyl (C=O) groups is 2. The maximum atomic E-state index is 13.0. The van der Waals surface area contributed by atoms with Crippen LogP contribution in [0.1, 0.15) is 35.7 Å². The fourth-order valence-corrected chi connectivity index (χ4v) is 3.65. The van der Waals surface area contributed by atoms with Crippen LogP contribution in [-0.2, 0) is 14.3 Å².